The molecule has 0 aromatic heterocycles. The third-order valence-electron chi connectivity index (χ3n) is 1.80. The summed E-state index contributed by atoms with van der Waals surface area (Å²) in [6.45, 7) is 3.04. The van der Waals surface area contributed by atoms with Gasteiger partial charge in [-0.25, -0.2) is 0 Å². The quantitative estimate of drug-likeness (QED) is 0.574. The lowest BCUT2D eigenvalue weighted by atomic mass is 10.1. The molecule has 0 aliphatic rings. The molecular weight excluding hydrogens is 218 g/mol. The Labute approximate surface area is 93.6 Å². The number of ketones is 1. The monoisotopic (exact) mass is 233 g/mol. The van der Waals surface area contributed by atoms with E-state index in [1.165, 1.54) is 6.92 Å². The van der Waals surface area contributed by atoms with Gasteiger partial charge in [-0.05, 0) is 13.3 Å². The van der Waals surface area contributed by atoms with Crippen LogP contribution in [0.2, 0.25) is 0 Å². The van der Waals surface area contributed by atoms with Gasteiger partial charge < -0.3 is 10.4 Å². The molecule has 0 spiro atoms. The number of amides is 1. The van der Waals surface area contributed by atoms with Gasteiger partial charge in [0.1, 0.15) is 11.3 Å². The highest BCUT2D eigenvalue weighted by Gasteiger charge is 2.29. The van der Waals surface area contributed by atoms with Crippen molar-refractivity contribution >= 4 is 30.3 Å². The second-order valence-electron chi connectivity index (χ2n) is 3.19. The predicted molar refractivity (Wildman–Crippen MR) is 57.9 cm³/mol. The van der Waals surface area contributed by atoms with E-state index in [1.807, 2.05) is 6.92 Å². The second-order valence-corrected chi connectivity index (χ2v) is 3.75. The molecule has 5 nitrogen and oxygen atoms in total. The summed E-state index contributed by atoms with van der Waals surface area (Å²) < 4.78 is 0. The normalized spacial score (nSPS) is 14.1. The Morgan fingerprint density at radius 1 is 1.40 bits per heavy atom. The summed E-state index contributed by atoms with van der Waals surface area (Å²) in [6, 6.07) is -1.06. The molecule has 0 aliphatic heterocycles. The van der Waals surface area contributed by atoms with Crippen molar-refractivity contribution in [1.29, 1.82) is 0 Å². The van der Waals surface area contributed by atoms with E-state index in [0.29, 0.717) is 6.42 Å². The maximum atomic E-state index is 11.2. The van der Waals surface area contributed by atoms with E-state index in [1.54, 1.807) is 0 Å². The van der Waals surface area contributed by atoms with Crippen molar-refractivity contribution in [2.75, 3.05) is 0 Å². The molecule has 0 heterocycles. The lowest BCUT2D eigenvalue weighted by Crippen LogP contribution is -2.48. The molecule has 0 saturated carbocycles. The van der Waals surface area contributed by atoms with E-state index < -0.39 is 23.0 Å². The van der Waals surface area contributed by atoms with Crippen LogP contribution < -0.4 is 5.32 Å². The van der Waals surface area contributed by atoms with Crippen LogP contribution in [0.1, 0.15) is 26.7 Å². The molecule has 86 valence electrons. The van der Waals surface area contributed by atoms with E-state index in [9.17, 15) is 14.4 Å². The number of nitrogens with one attached hydrogen (secondary N) is 1. The van der Waals surface area contributed by atoms with Crippen molar-refractivity contribution in [3.8, 4) is 0 Å². The minimum Gasteiger partial charge on any atom is -0.480 e. The molecule has 0 bridgehead atoms. The van der Waals surface area contributed by atoms with Crippen LogP contribution in [0.25, 0.3) is 0 Å². The SMILES string of the molecule is CCCC(=O)N[C@H](C(C)=O)[C@@H](S)C(=O)O. The van der Waals surface area contributed by atoms with Gasteiger partial charge in [-0.1, -0.05) is 6.92 Å². The molecule has 0 saturated heterocycles. The van der Waals surface area contributed by atoms with Crippen molar-refractivity contribution < 1.29 is 19.5 Å². The van der Waals surface area contributed by atoms with Gasteiger partial charge in [0.15, 0.2) is 5.78 Å². The van der Waals surface area contributed by atoms with Gasteiger partial charge >= 0.3 is 5.97 Å². The first-order chi connectivity index (χ1) is 6.90. The Kier molecular flexibility index (Phi) is 6.00. The van der Waals surface area contributed by atoms with Gasteiger partial charge in [0.05, 0.1) is 0 Å². The Bertz CT molecular complexity index is 267. The van der Waals surface area contributed by atoms with Gasteiger partial charge in [0.2, 0.25) is 5.91 Å². The van der Waals surface area contributed by atoms with Gasteiger partial charge in [-0.2, -0.15) is 12.6 Å². The van der Waals surface area contributed by atoms with Crippen molar-refractivity contribution in [1.82, 2.24) is 5.32 Å². The highest BCUT2D eigenvalue weighted by Crippen LogP contribution is 2.05. The molecule has 0 aromatic rings. The van der Waals surface area contributed by atoms with Crippen molar-refractivity contribution in [3.63, 3.8) is 0 Å². The lowest BCUT2D eigenvalue weighted by Gasteiger charge is -2.18. The number of hydrogen-bond acceptors (Lipinski definition) is 4. The number of rotatable bonds is 6. The lowest BCUT2D eigenvalue weighted by molar-refractivity contribution is -0.139. The molecule has 0 radical (unpaired) electrons. The Hall–Kier alpha value is -1.04. The molecule has 1 amide bonds. The summed E-state index contributed by atoms with van der Waals surface area (Å²) in [6.07, 6.45) is 0.907. The van der Waals surface area contributed by atoms with E-state index in [0.717, 1.165) is 0 Å². The molecule has 0 rings (SSSR count). The number of carboxylic acids is 1. The number of carboxylic acid groups (broad SMARTS) is 1. The fourth-order valence-corrected chi connectivity index (χ4v) is 1.30. The van der Waals surface area contributed by atoms with Crippen LogP contribution in [0.15, 0.2) is 0 Å². The molecule has 0 fully saturated rings. The van der Waals surface area contributed by atoms with Crippen LogP contribution in [0, 0.1) is 0 Å². The zero-order valence-electron chi connectivity index (χ0n) is 8.69. The first kappa shape index (κ1) is 14.0. The van der Waals surface area contributed by atoms with Gasteiger partial charge in [0.25, 0.3) is 0 Å². The molecule has 0 aromatic carbocycles. The molecule has 0 unspecified atom stereocenters. The summed E-state index contributed by atoms with van der Waals surface area (Å²) in [4.78, 5) is 32.9. The first-order valence-corrected chi connectivity index (χ1v) is 5.12. The number of carbonyl (C=O) groups is 3. The largest absolute Gasteiger partial charge is 0.480 e. The van der Waals surface area contributed by atoms with E-state index >= 15 is 0 Å². The summed E-state index contributed by atoms with van der Waals surface area (Å²) in [5, 5.41) is 9.81. The standard InChI is InChI=1S/C9H15NO4S/c1-3-4-6(12)10-7(5(2)11)8(15)9(13)14/h7-8,15H,3-4H2,1-2H3,(H,10,12)(H,13,14)/t7-,8-/m1/s1. The van der Waals surface area contributed by atoms with Crippen LogP contribution in [-0.2, 0) is 14.4 Å². The molecule has 15 heavy (non-hydrogen) atoms. The van der Waals surface area contributed by atoms with E-state index in [4.69, 9.17) is 5.11 Å². The van der Waals surface area contributed by atoms with Gasteiger partial charge in [-0.15, -0.1) is 0 Å². The predicted octanol–water partition coefficient (Wildman–Crippen LogP) is 0.243. The second kappa shape index (κ2) is 6.44. The molecule has 2 atom stereocenters. The number of thiol groups is 1. The highest BCUT2D eigenvalue weighted by molar-refractivity contribution is 7.81. The number of carbonyl (C=O) groups excluding carboxylic acids is 2. The topological polar surface area (TPSA) is 83.5 Å². The van der Waals surface area contributed by atoms with Crippen LogP contribution in [-0.4, -0.2) is 34.1 Å². The smallest absolute Gasteiger partial charge is 0.318 e. The van der Waals surface area contributed by atoms with Crippen LogP contribution >= 0.6 is 12.6 Å². The Morgan fingerprint density at radius 3 is 2.27 bits per heavy atom. The average Bonchev–Trinajstić information content (AvgIpc) is 2.13. The van der Waals surface area contributed by atoms with Gasteiger partial charge in [0, 0.05) is 6.42 Å². The summed E-state index contributed by atoms with van der Waals surface area (Å²) in [7, 11) is 0. The third-order valence-corrected chi connectivity index (χ3v) is 2.32. The van der Waals surface area contributed by atoms with Crippen LogP contribution in [0.3, 0.4) is 0 Å². The van der Waals surface area contributed by atoms with E-state index in [2.05, 4.69) is 17.9 Å². The average molecular weight is 233 g/mol. The molecule has 6 heteroatoms. The molecular formula is C9H15NO4S. The van der Waals surface area contributed by atoms with Crippen molar-refractivity contribution in [2.24, 2.45) is 0 Å². The minimum atomic E-state index is -1.23. The zero-order chi connectivity index (χ0) is 12.0. The summed E-state index contributed by atoms with van der Waals surface area (Å²) in [5.41, 5.74) is 0. The maximum Gasteiger partial charge on any atom is 0.318 e. The summed E-state index contributed by atoms with van der Waals surface area (Å²) >= 11 is 3.77. The van der Waals surface area contributed by atoms with Crippen LogP contribution in [0.4, 0.5) is 0 Å². The highest BCUT2D eigenvalue weighted by atomic mass is 32.1. The van der Waals surface area contributed by atoms with Crippen molar-refractivity contribution in [3.05, 3.63) is 0 Å². The molecule has 0 aliphatic carbocycles. The fourth-order valence-electron chi connectivity index (χ4n) is 1.02. The first-order valence-electron chi connectivity index (χ1n) is 4.60. The van der Waals surface area contributed by atoms with Gasteiger partial charge in [-0.3, -0.25) is 14.4 Å². The summed E-state index contributed by atoms with van der Waals surface area (Å²) in [5.74, 6) is -1.98. The third kappa shape index (κ3) is 4.83. The number of hydrogen-bond donors (Lipinski definition) is 3. The Morgan fingerprint density at radius 2 is 1.93 bits per heavy atom. The van der Waals surface area contributed by atoms with E-state index in [-0.39, 0.29) is 12.3 Å². The molecule has 2 N–H and O–H groups in total. The van der Waals surface area contributed by atoms with Crippen molar-refractivity contribution in [2.45, 2.75) is 38.0 Å². The zero-order valence-corrected chi connectivity index (χ0v) is 9.58. The minimum absolute atomic E-state index is 0.268. The maximum absolute atomic E-state index is 11.2. The fraction of sp³-hybridized carbons (Fsp3) is 0.667. The van der Waals surface area contributed by atoms with Crippen LogP contribution in [0.5, 0.6) is 0 Å². The number of Topliss-reactive ketones (excluding diaryl/α,β-unsaturated/α-hetero) is 1. The Balaban J connectivity index is 4.48. The number of aliphatic carboxylic acids is 1.